The third-order valence-electron chi connectivity index (χ3n) is 9.31. The minimum atomic E-state index is 0.596. The van der Waals surface area contributed by atoms with Crippen molar-refractivity contribution in [1.82, 2.24) is 15.0 Å². The average molecular weight is 673 g/mol. The second kappa shape index (κ2) is 12.1. The number of para-hydroxylation sites is 2. The fourth-order valence-corrected chi connectivity index (χ4v) is 7.96. The van der Waals surface area contributed by atoms with E-state index in [1.54, 1.807) is 0 Å². The van der Waals surface area contributed by atoms with Crippen molar-refractivity contribution in [2.24, 2.45) is 0 Å². The molecule has 0 fully saturated rings. The smallest absolute Gasteiger partial charge is 0.164 e. The molecule has 6 heteroatoms. The topological polar surface area (TPSA) is 55.1 Å². The first kappa shape index (κ1) is 29.4. The number of hydrogen-bond acceptors (Lipinski definition) is 6. The minimum Gasteiger partial charge on any atom is -0.456 e. The first-order valence-corrected chi connectivity index (χ1v) is 17.7. The summed E-state index contributed by atoms with van der Waals surface area (Å²) in [5.74, 6) is 1.85. The van der Waals surface area contributed by atoms with E-state index < -0.39 is 0 Å². The maximum atomic E-state index is 6.57. The van der Waals surface area contributed by atoms with Crippen molar-refractivity contribution >= 4 is 50.8 Å². The summed E-state index contributed by atoms with van der Waals surface area (Å²) in [4.78, 5) is 19.6. The molecule has 240 valence electrons. The Morgan fingerprint density at radius 1 is 0.431 bits per heavy atom. The molecule has 0 spiro atoms. The van der Waals surface area contributed by atoms with Gasteiger partial charge in [0.1, 0.15) is 11.2 Å². The second-order valence-corrected chi connectivity index (χ2v) is 13.5. The fourth-order valence-electron chi connectivity index (χ4n) is 6.92. The Bertz CT molecular complexity index is 2670. The molecule has 10 rings (SSSR count). The molecule has 0 atom stereocenters. The van der Waals surface area contributed by atoms with E-state index in [-0.39, 0.29) is 0 Å². The van der Waals surface area contributed by atoms with Crippen molar-refractivity contribution in [3.8, 4) is 45.3 Å². The lowest BCUT2D eigenvalue weighted by Gasteiger charge is -2.33. The number of rotatable bonds is 5. The van der Waals surface area contributed by atoms with Crippen LogP contribution in [0.2, 0.25) is 0 Å². The van der Waals surface area contributed by atoms with Crippen LogP contribution in [-0.4, -0.2) is 15.0 Å². The van der Waals surface area contributed by atoms with Gasteiger partial charge in [0.15, 0.2) is 17.5 Å². The molecule has 1 aliphatic heterocycles. The average Bonchev–Trinajstić information content (AvgIpc) is 3.59. The Morgan fingerprint density at radius 2 is 1.04 bits per heavy atom. The molecule has 0 amide bonds. The van der Waals surface area contributed by atoms with Crippen LogP contribution in [0.5, 0.6) is 0 Å². The van der Waals surface area contributed by atoms with Gasteiger partial charge in [0.25, 0.3) is 0 Å². The van der Waals surface area contributed by atoms with E-state index >= 15 is 0 Å². The molecule has 0 saturated carbocycles. The highest BCUT2D eigenvalue weighted by Gasteiger charge is 2.26. The first-order valence-electron chi connectivity index (χ1n) is 16.9. The van der Waals surface area contributed by atoms with Crippen LogP contribution in [0.3, 0.4) is 0 Å². The number of hydrogen-bond donors (Lipinski definition) is 0. The van der Waals surface area contributed by atoms with Crippen molar-refractivity contribution in [2.45, 2.75) is 9.79 Å². The van der Waals surface area contributed by atoms with Crippen LogP contribution in [-0.2, 0) is 0 Å². The van der Waals surface area contributed by atoms with Gasteiger partial charge < -0.3 is 9.32 Å². The quantitative estimate of drug-likeness (QED) is 0.181. The first-order chi connectivity index (χ1) is 25.3. The maximum Gasteiger partial charge on any atom is 0.164 e. The van der Waals surface area contributed by atoms with Gasteiger partial charge in [-0.05, 0) is 65.7 Å². The zero-order chi connectivity index (χ0) is 33.7. The number of anilines is 3. The van der Waals surface area contributed by atoms with Gasteiger partial charge in [-0.25, -0.2) is 15.0 Å². The molecule has 0 bridgehead atoms. The lowest BCUT2D eigenvalue weighted by Crippen LogP contribution is -2.14. The van der Waals surface area contributed by atoms with E-state index in [0.29, 0.717) is 17.5 Å². The molecule has 3 heterocycles. The van der Waals surface area contributed by atoms with Gasteiger partial charge in [0.2, 0.25) is 0 Å². The number of furan rings is 1. The molecule has 0 N–H and O–H groups in total. The molecular weight excluding hydrogens is 645 g/mol. The normalized spacial score (nSPS) is 12.2. The highest BCUT2D eigenvalue weighted by atomic mass is 32.2. The molecular formula is C45H28N4OS. The molecule has 51 heavy (non-hydrogen) atoms. The van der Waals surface area contributed by atoms with Crippen molar-refractivity contribution in [3.05, 3.63) is 170 Å². The summed E-state index contributed by atoms with van der Waals surface area (Å²) in [5.41, 5.74) is 10.1. The highest BCUT2D eigenvalue weighted by Crippen LogP contribution is 2.52. The third-order valence-corrected chi connectivity index (χ3v) is 10.4. The fraction of sp³-hybridized carbons (Fsp3) is 0. The van der Waals surface area contributed by atoms with Gasteiger partial charge in [0.05, 0.1) is 11.4 Å². The van der Waals surface area contributed by atoms with E-state index in [1.165, 1.54) is 15.5 Å². The lowest BCUT2D eigenvalue weighted by molar-refractivity contribution is 0.669. The largest absolute Gasteiger partial charge is 0.456 e. The summed E-state index contributed by atoms with van der Waals surface area (Å²) >= 11 is 1.81. The summed E-state index contributed by atoms with van der Waals surface area (Å²) < 4.78 is 6.57. The van der Waals surface area contributed by atoms with Crippen LogP contribution in [0, 0.1) is 0 Å². The van der Waals surface area contributed by atoms with Crippen LogP contribution in [0.15, 0.2) is 184 Å². The van der Waals surface area contributed by atoms with Crippen molar-refractivity contribution in [2.75, 3.05) is 4.90 Å². The predicted octanol–water partition coefficient (Wildman–Crippen LogP) is 12.4. The van der Waals surface area contributed by atoms with E-state index in [1.807, 2.05) is 78.5 Å². The third kappa shape index (κ3) is 5.16. The van der Waals surface area contributed by atoms with Gasteiger partial charge >= 0.3 is 0 Å². The molecule has 0 unspecified atom stereocenters. The van der Waals surface area contributed by atoms with Crippen LogP contribution in [0.4, 0.5) is 17.1 Å². The molecule has 9 aromatic rings. The molecule has 0 aliphatic carbocycles. The van der Waals surface area contributed by atoms with Crippen LogP contribution in [0.25, 0.3) is 67.2 Å². The Labute approximate surface area is 298 Å². The Balaban J connectivity index is 1.10. The molecule has 0 saturated heterocycles. The maximum absolute atomic E-state index is 6.57. The standard InChI is InChI=1S/C45H28N4OS/c1-4-13-29(14-5-1)43-46-44(30-15-6-2-7-16-30)48-45(47-43)32-23-25-35-39(28-32)50-38-21-12-19-34(42(35)38)31-24-26-41-37(27-31)49(33-17-8-3-9-18-33)36-20-10-11-22-40(36)51-41/h1-28H. The van der Waals surface area contributed by atoms with Crippen molar-refractivity contribution < 1.29 is 4.42 Å². The molecule has 7 aromatic carbocycles. The van der Waals surface area contributed by atoms with Gasteiger partial charge in [-0.1, -0.05) is 127 Å². The van der Waals surface area contributed by atoms with E-state index in [9.17, 15) is 0 Å². The summed E-state index contributed by atoms with van der Waals surface area (Å²) in [6.07, 6.45) is 0. The van der Waals surface area contributed by atoms with Gasteiger partial charge in [-0.15, -0.1) is 0 Å². The van der Waals surface area contributed by atoms with Crippen LogP contribution in [0.1, 0.15) is 0 Å². The summed E-state index contributed by atoms with van der Waals surface area (Å²) in [5, 5.41) is 2.13. The predicted molar refractivity (Wildman–Crippen MR) is 208 cm³/mol. The van der Waals surface area contributed by atoms with Gasteiger partial charge in [0, 0.05) is 42.9 Å². The SMILES string of the molecule is c1ccc(-c2nc(-c3ccccc3)nc(-c3ccc4c(c3)oc3cccc(-c5ccc6c(c5)N(c5ccccc5)c5ccccc5S6)c34)n2)cc1. The monoisotopic (exact) mass is 672 g/mol. The highest BCUT2D eigenvalue weighted by molar-refractivity contribution is 7.99. The summed E-state index contributed by atoms with van der Waals surface area (Å²) in [6.45, 7) is 0. The van der Waals surface area contributed by atoms with Crippen LogP contribution < -0.4 is 4.90 Å². The van der Waals surface area contributed by atoms with E-state index in [4.69, 9.17) is 19.4 Å². The number of benzene rings is 7. The Morgan fingerprint density at radius 3 is 1.76 bits per heavy atom. The van der Waals surface area contributed by atoms with Gasteiger partial charge in [-0.3, -0.25) is 0 Å². The number of fused-ring (bicyclic) bond motifs is 5. The number of nitrogens with zero attached hydrogens (tertiary/aromatic N) is 4. The molecule has 2 aromatic heterocycles. The second-order valence-electron chi connectivity index (χ2n) is 12.5. The van der Waals surface area contributed by atoms with E-state index in [2.05, 4.69) is 108 Å². The summed E-state index contributed by atoms with van der Waals surface area (Å²) in [7, 11) is 0. The molecule has 0 radical (unpaired) electrons. The number of aromatic nitrogens is 3. The summed E-state index contributed by atoms with van der Waals surface area (Å²) in [6, 6.07) is 58.6. The van der Waals surface area contributed by atoms with Crippen molar-refractivity contribution in [1.29, 1.82) is 0 Å². The van der Waals surface area contributed by atoms with Gasteiger partial charge in [-0.2, -0.15) is 0 Å². The Kier molecular flexibility index (Phi) is 6.99. The molecule has 1 aliphatic rings. The van der Waals surface area contributed by atoms with Crippen LogP contribution >= 0.6 is 11.8 Å². The Hall–Kier alpha value is -6.50. The minimum absolute atomic E-state index is 0.596. The lowest BCUT2D eigenvalue weighted by atomic mass is 9.98. The van der Waals surface area contributed by atoms with Crippen molar-refractivity contribution in [3.63, 3.8) is 0 Å². The zero-order valence-corrected chi connectivity index (χ0v) is 28.1. The van der Waals surface area contributed by atoms with E-state index in [0.717, 1.165) is 61.1 Å². The molecule has 5 nitrogen and oxygen atoms in total. The zero-order valence-electron chi connectivity index (χ0n) is 27.3.